The minimum atomic E-state index is 0.463. The lowest BCUT2D eigenvalue weighted by Crippen LogP contribution is -2.46. The summed E-state index contributed by atoms with van der Waals surface area (Å²) in [7, 11) is 0. The highest BCUT2D eigenvalue weighted by molar-refractivity contribution is 7.99. The Morgan fingerprint density at radius 3 is 2.67 bits per heavy atom. The van der Waals surface area contributed by atoms with Crippen LogP contribution >= 0.6 is 11.8 Å². The van der Waals surface area contributed by atoms with Crippen LogP contribution in [0, 0.1) is 0 Å². The maximum absolute atomic E-state index is 5.98. The van der Waals surface area contributed by atoms with Gasteiger partial charge in [-0.2, -0.15) is 11.8 Å². The summed E-state index contributed by atoms with van der Waals surface area (Å²) in [5.41, 5.74) is 5.98. The Morgan fingerprint density at radius 1 is 1.17 bits per heavy atom. The standard InChI is InChI=1S/C14H29N3S/c1-2-18-11-3-7-16-8-6-14(12-16)17-9-4-13(15)5-10-17/h13-14H,2-12,15H2,1H3. The largest absolute Gasteiger partial charge is 0.328 e. The Balaban J connectivity index is 1.62. The molecule has 2 N–H and O–H groups in total. The fraction of sp³-hybridized carbons (Fsp3) is 1.00. The van der Waals surface area contributed by atoms with Crippen molar-refractivity contribution < 1.29 is 0 Å². The molecule has 1 atom stereocenters. The van der Waals surface area contributed by atoms with E-state index >= 15 is 0 Å². The summed E-state index contributed by atoms with van der Waals surface area (Å²) in [4.78, 5) is 5.35. The molecule has 18 heavy (non-hydrogen) atoms. The molecule has 2 aliphatic heterocycles. The third kappa shape index (κ3) is 4.41. The van der Waals surface area contributed by atoms with Gasteiger partial charge in [0.15, 0.2) is 0 Å². The second kappa shape index (κ2) is 7.73. The quantitative estimate of drug-likeness (QED) is 0.744. The summed E-state index contributed by atoms with van der Waals surface area (Å²) in [6, 6.07) is 1.28. The van der Waals surface area contributed by atoms with Crippen molar-refractivity contribution in [3.05, 3.63) is 0 Å². The average molecular weight is 271 g/mol. The van der Waals surface area contributed by atoms with E-state index in [9.17, 15) is 0 Å². The van der Waals surface area contributed by atoms with Crippen LogP contribution in [0.4, 0.5) is 0 Å². The molecule has 3 nitrogen and oxygen atoms in total. The molecular formula is C14H29N3S. The SMILES string of the molecule is CCSCCCN1CCC(N2CCC(N)CC2)C1. The Hall–Kier alpha value is 0.230. The second-order valence-corrected chi connectivity index (χ2v) is 7.06. The van der Waals surface area contributed by atoms with Gasteiger partial charge in [-0.3, -0.25) is 4.90 Å². The van der Waals surface area contributed by atoms with Gasteiger partial charge in [-0.05, 0) is 63.4 Å². The number of nitrogens with zero attached hydrogens (tertiary/aromatic N) is 2. The van der Waals surface area contributed by atoms with Crippen molar-refractivity contribution in [3.63, 3.8) is 0 Å². The molecule has 1 unspecified atom stereocenters. The van der Waals surface area contributed by atoms with Gasteiger partial charge in [0.05, 0.1) is 0 Å². The van der Waals surface area contributed by atoms with E-state index in [0.717, 1.165) is 6.04 Å². The molecule has 2 rings (SSSR count). The van der Waals surface area contributed by atoms with Crippen LogP contribution in [0.5, 0.6) is 0 Å². The van der Waals surface area contributed by atoms with Crippen LogP contribution in [0.3, 0.4) is 0 Å². The lowest BCUT2D eigenvalue weighted by atomic mass is 10.0. The fourth-order valence-electron chi connectivity index (χ4n) is 3.13. The molecule has 4 heteroatoms. The molecule has 2 heterocycles. The smallest absolute Gasteiger partial charge is 0.0235 e. The first-order valence-corrected chi connectivity index (χ1v) is 8.74. The first kappa shape index (κ1) is 14.6. The number of rotatable bonds is 6. The molecule has 2 aliphatic rings. The second-order valence-electron chi connectivity index (χ2n) is 5.67. The molecule has 0 aromatic rings. The van der Waals surface area contributed by atoms with E-state index < -0.39 is 0 Å². The Morgan fingerprint density at radius 2 is 1.94 bits per heavy atom. The van der Waals surface area contributed by atoms with Crippen molar-refractivity contribution in [2.45, 2.75) is 44.7 Å². The van der Waals surface area contributed by atoms with E-state index in [-0.39, 0.29) is 0 Å². The highest BCUT2D eigenvalue weighted by Crippen LogP contribution is 2.20. The van der Waals surface area contributed by atoms with E-state index in [1.165, 1.54) is 69.9 Å². The minimum Gasteiger partial charge on any atom is -0.328 e. The molecule has 0 spiro atoms. The number of nitrogens with two attached hydrogens (primary N) is 1. The summed E-state index contributed by atoms with van der Waals surface area (Å²) < 4.78 is 0. The number of hydrogen-bond donors (Lipinski definition) is 1. The van der Waals surface area contributed by atoms with E-state index in [2.05, 4.69) is 28.5 Å². The molecule has 0 radical (unpaired) electrons. The maximum atomic E-state index is 5.98. The van der Waals surface area contributed by atoms with E-state index in [1.54, 1.807) is 0 Å². The molecular weight excluding hydrogens is 242 g/mol. The van der Waals surface area contributed by atoms with Crippen LogP contribution in [0.2, 0.25) is 0 Å². The minimum absolute atomic E-state index is 0.463. The van der Waals surface area contributed by atoms with Crippen LogP contribution < -0.4 is 5.73 Å². The number of thioether (sulfide) groups is 1. The predicted molar refractivity (Wildman–Crippen MR) is 81.2 cm³/mol. The van der Waals surface area contributed by atoms with Gasteiger partial charge in [0, 0.05) is 18.6 Å². The van der Waals surface area contributed by atoms with E-state index in [0.29, 0.717) is 6.04 Å². The summed E-state index contributed by atoms with van der Waals surface area (Å²) in [5.74, 6) is 2.59. The van der Waals surface area contributed by atoms with Crippen molar-refractivity contribution in [1.29, 1.82) is 0 Å². The summed E-state index contributed by atoms with van der Waals surface area (Å²) in [5, 5.41) is 0. The molecule has 0 aliphatic carbocycles. The lowest BCUT2D eigenvalue weighted by Gasteiger charge is -2.34. The fourth-order valence-corrected chi connectivity index (χ4v) is 3.75. The van der Waals surface area contributed by atoms with Gasteiger partial charge in [-0.15, -0.1) is 0 Å². The van der Waals surface area contributed by atoms with Gasteiger partial charge >= 0.3 is 0 Å². The van der Waals surface area contributed by atoms with Crippen molar-refractivity contribution >= 4 is 11.8 Å². The lowest BCUT2D eigenvalue weighted by molar-refractivity contribution is 0.152. The van der Waals surface area contributed by atoms with Gasteiger partial charge in [0.1, 0.15) is 0 Å². The topological polar surface area (TPSA) is 32.5 Å². The van der Waals surface area contributed by atoms with Gasteiger partial charge in [-0.1, -0.05) is 6.92 Å². The van der Waals surface area contributed by atoms with E-state index in [4.69, 9.17) is 5.73 Å². The third-order valence-electron chi connectivity index (χ3n) is 4.31. The molecule has 2 fully saturated rings. The zero-order valence-corrected chi connectivity index (χ0v) is 12.6. The summed E-state index contributed by atoms with van der Waals surface area (Å²) in [6.45, 7) is 8.61. The summed E-state index contributed by atoms with van der Waals surface area (Å²) >= 11 is 2.07. The predicted octanol–water partition coefficient (Wildman–Crippen LogP) is 1.63. The monoisotopic (exact) mass is 271 g/mol. The Bertz CT molecular complexity index is 229. The van der Waals surface area contributed by atoms with Crippen molar-refractivity contribution in [2.75, 3.05) is 44.2 Å². The van der Waals surface area contributed by atoms with Crippen LogP contribution in [0.25, 0.3) is 0 Å². The van der Waals surface area contributed by atoms with Gasteiger partial charge < -0.3 is 10.6 Å². The van der Waals surface area contributed by atoms with Crippen LogP contribution in [-0.2, 0) is 0 Å². The molecule has 0 aromatic heterocycles. The van der Waals surface area contributed by atoms with E-state index in [1.807, 2.05) is 0 Å². The summed E-state index contributed by atoms with van der Waals surface area (Å²) in [6.07, 6.45) is 5.12. The van der Waals surface area contributed by atoms with Crippen LogP contribution in [-0.4, -0.2) is 66.1 Å². The van der Waals surface area contributed by atoms with Gasteiger partial charge in [0.25, 0.3) is 0 Å². The molecule has 0 aromatic carbocycles. The van der Waals surface area contributed by atoms with Gasteiger partial charge in [0.2, 0.25) is 0 Å². The maximum Gasteiger partial charge on any atom is 0.0235 e. The molecule has 106 valence electrons. The molecule has 0 saturated carbocycles. The van der Waals surface area contributed by atoms with Crippen molar-refractivity contribution in [2.24, 2.45) is 5.73 Å². The Kier molecular flexibility index (Phi) is 6.29. The first-order chi connectivity index (χ1) is 8.79. The highest BCUT2D eigenvalue weighted by Gasteiger charge is 2.29. The number of piperidine rings is 1. The average Bonchev–Trinajstić information content (AvgIpc) is 2.84. The van der Waals surface area contributed by atoms with Crippen LogP contribution in [0.1, 0.15) is 32.6 Å². The van der Waals surface area contributed by atoms with Crippen molar-refractivity contribution in [3.8, 4) is 0 Å². The van der Waals surface area contributed by atoms with Crippen LogP contribution in [0.15, 0.2) is 0 Å². The normalized spacial score (nSPS) is 28.0. The molecule has 2 saturated heterocycles. The number of likely N-dealkylation sites (tertiary alicyclic amines) is 2. The highest BCUT2D eigenvalue weighted by atomic mass is 32.2. The van der Waals surface area contributed by atoms with Gasteiger partial charge in [-0.25, -0.2) is 0 Å². The first-order valence-electron chi connectivity index (χ1n) is 7.59. The number of hydrogen-bond acceptors (Lipinski definition) is 4. The molecule has 0 bridgehead atoms. The Labute approximate surface area is 116 Å². The molecule has 0 amide bonds. The third-order valence-corrected chi connectivity index (χ3v) is 5.29. The van der Waals surface area contributed by atoms with Crippen molar-refractivity contribution in [1.82, 2.24) is 9.80 Å². The zero-order chi connectivity index (χ0) is 12.8. The zero-order valence-electron chi connectivity index (χ0n) is 11.8.